The summed E-state index contributed by atoms with van der Waals surface area (Å²) in [6, 6.07) is 15.7. The van der Waals surface area contributed by atoms with Crippen molar-refractivity contribution in [2.45, 2.75) is 31.9 Å². The van der Waals surface area contributed by atoms with Crippen LogP contribution in [0.4, 0.5) is 0 Å². The average Bonchev–Trinajstić information content (AvgIpc) is 3.05. The first-order chi connectivity index (χ1) is 12.1. The Hall–Kier alpha value is -2.66. The highest BCUT2D eigenvalue weighted by Gasteiger charge is 2.28. The summed E-state index contributed by atoms with van der Waals surface area (Å²) in [6.07, 6.45) is 2.80. The van der Waals surface area contributed by atoms with Crippen molar-refractivity contribution in [1.82, 2.24) is 14.5 Å². The number of carbonyl (C=O) groups excluding carboxylic acids is 1. The SMILES string of the molecule is C[C@@H]1C[C@H](O)CCN1C(=O)c1ccc(-n2cnc3ccccc32)cc1. The number of aliphatic hydroxyl groups is 1. The topological polar surface area (TPSA) is 58.4 Å². The molecule has 2 atom stereocenters. The molecule has 0 bridgehead atoms. The summed E-state index contributed by atoms with van der Waals surface area (Å²) < 4.78 is 2.02. The van der Waals surface area contributed by atoms with Crippen molar-refractivity contribution in [3.05, 3.63) is 60.4 Å². The molecule has 0 spiro atoms. The predicted octanol–water partition coefficient (Wildman–Crippen LogP) is 3.01. The van der Waals surface area contributed by atoms with Crippen molar-refractivity contribution in [1.29, 1.82) is 0 Å². The maximum absolute atomic E-state index is 12.8. The van der Waals surface area contributed by atoms with Crippen molar-refractivity contribution < 1.29 is 9.90 Å². The fourth-order valence-corrected chi connectivity index (χ4v) is 3.54. The molecule has 1 N–H and O–H groups in total. The number of imidazole rings is 1. The molecule has 3 aromatic rings. The summed E-state index contributed by atoms with van der Waals surface area (Å²) in [5.41, 5.74) is 3.65. The quantitative estimate of drug-likeness (QED) is 0.783. The first kappa shape index (κ1) is 15.8. The Balaban J connectivity index is 1.59. The number of rotatable bonds is 2. The van der Waals surface area contributed by atoms with Crippen LogP contribution < -0.4 is 0 Å². The van der Waals surface area contributed by atoms with Gasteiger partial charge in [-0.3, -0.25) is 9.36 Å². The first-order valence-corrected chi connectivity index (χ1v) is 8.65. The van der Waals surface area contributed by atoms with Crippen molar-refractivity contribution in [3.8, 4) is 5.69 Å². The third kappa shape index (κ3) is 2.91. The van der Waals surface area contributed by atoms with E-state index in [9.17, 15) is 9.90 Å². The molecule has 4 rings (SSSR count). The van der Waals surface area contributed by atoms with Gasteiger partial charge in [0.15, 0.2) is 0 Å². The average molecular weight is 335 g/mol. The minimum atomic E-state index is -0.295. The van der Waals surface area contributed by atoms with E-state index in [0.29, 0.717) is 24.9 Å². The Bertz CT molecular complexity index is 901. The zero-order chi connectivity index (χ0) is 17.4. The molecule has 1 aliphatic heterocycles. The van der Waals surface area contributed by atoms with Gasteiger partial charge in [-0.25, -0.2) is 4.98 Å². The molecule has 1 amide bonds. The molecule has 2 aromatic carbocycles. The molecule has 1 aliphatic rings. The number of para-hydroxylation sites is 2. The number of benzene rings is 2. The molecule has 2 heterocycles. The second-order valence-electron chi connectivity index (χ2n) is 6.68. The van der Waals surface area contributed by atoms with Crippen molar-refractivity contribution >= 4 is 16.9 Å². The number of likely N-dealkylation sites (tertiary alicyclic amines) is 1. The molecule has 128 valence electrons. The second-order valence-corrected chi connectivity index (χ2v) is 6.68. The zero-order valence-electron chi connectivity index (χ0n) is 14.2. The van der Waals surface area contributed by atoms with Crippen LogP contribution in [0.25, 0.3) is 16.7 Å². The third-order valence-electron chi connectivity index (χ3n) is 4.96. The number of hydrogen-bond donors (Lipinski definition) is 1. The summed E-state index contributed by atoms with van der Waals surface area (Å²) in [5, 5.41) is 9.73. The minimum Gasteiger partial charge on any atom is -0.393 e. The molecule has 0 unspecified atom stereocenters. The molecule has 1 fully saturated rings. The van der Waals surface area contributed by atoms with Crippen molar-refractivity contribution in [2.24, 2.45) is 0 Å². The molecule has 0 saturated carbocycles. The van der Waals surface area contributed by atoms with Crippen LogP contribution in [0.2, 0.25) is 0 Å². The third-order valence-corrected chi connectivity index (χ3v) is 4.96. The predicted molar refractivity (Wildman–Crippen MR) is 96.8 cm³/mol. The maximum atomic E-state index is 12.8. The number of hydrogen-bond acceptors (Lipinski definition) is 3. The van der Waals surface area contributed by atoms with Crippen molar-refractivity contribution in [2.75, 3.05) is 6.54 Å². The second kappa shape index (κ2) is 6.33. The van der Waals surface area contributed by atoms with Gasteiger partial charge < -0.3 is 10.0 Å². The normalized spacial score (nSPS) is 20.8. The van der Waals surface area contributed by atoms with E-state index in [0.717, 1.165) is 16.7 Å². The van der Waals surface area contributed by atoms with E-state index in [1.54, 1.807) is 6.33 Å². The number of nitrogens with zero attached hydrogens (tertiary/aromatic N) is 3. The van der Waals surface area contributed by atoms with Gasteiger partial charge in [0.2, 0.25) is 0 Å². The van der Waals surface area contributed by atoms with E-state index in [4.69, 9.17) is 0 Å². The lowest BCUT2D eigenvalue weighted by Crippen LogP contribution is -2.46. The largest absolute Gasteiger partial charge is 0.393 e. The summed E-state index contributed by atoms with van der Waals surface area (Å²) >= 11 is 0. The molecular formula is C20H21N3O2. The van der Waals surface area contributed by atoms with Gasteiger partial charge in [0.05, 0.1) is 17.1 Å². The van der Waals surface area contributed by atoms with Gasteiger partial charge in [0, 0.05) is 23.8 Å². The van der Waals surface area contributed by atoms with Crippen LogP contribution in [0, 0.1) is 0 Å². The highest BCUT2D eigenvalue weighted by atomic mass is 16.3. The van der Waals surface area contributed by atoms with Gasteiger partial charge in [-0.2, -0.15) is 0 Å². The van der Waals surface area contributed by atoms with E-state index in [1.807, 2.05) is 64.9 Å². The number of carbonyl (C=O) groups is 1. The van der Waals surface area contributed by atoms with Crippen molar-refractivity contribution in [3.63, 3.8) is 0 Å². The molecule has 25 heavy (non-hydrogen) atoms. The Morgan fingerprint density at radius 2 is 1.92 bits per heavy atom. The van der Waals surface area contributed by atoms with Crippen LogP contribution in [0.1, 0.15) is 30.1 Å². The minimum absolute atomic E-state index is 0.0291. The lowest BCUT2D eigenvalue weighted by molar-refractivity contribution is 0.0365. The lowest BCUT2D eigenvalue weighted by Gasteiger charge is -2.36. The smallest absolute Gasteiger partial charge is 0.254 e. The van der Waals surface area contributed by atoms with Gasteiger partial charge in [-0.1, -0.05) is 12.1 Å². The molecule has 1 aromatic heterocycles. The monoisotopic (exact) mass is 335 g/mol. The summed E-state index contributed by atoms with van der Waals surface area (Å²) in [7, 11) is 0. The number of piperidine rings is 1. The molecule has 0 radical (unpaired) electrons. The first-order valence-electron chi connectivity index (χ1n) is 8.65. The maximum Gasteiger partial charge on any atom is 0.254 e. The van der Waals surface area contributed by atoms with E-state index < -0.39 is 0 Å². The number of fused-ring (bicyclic) bond motifs is 1. The van der Waals surface area contributed by atoms with E-state index in [2.05, 4.69) is 4.98 Å². The number of amides is 1. The number of aliphatic hydroxyl groups excluding tert-OH is 1. The highest BCUT2D eigenvalue weighted by molar-refractivity contribution is 5.94. The van der Waals surface area contributed by atoms with Gasteiger partial charge in [0.1, 0.15) is 6.33 Å². The van der Waals surface area contributed by atoms with E-state index in [-0.39, 0.29) is 18.1 Å². The van der Waals surface area contributed by atoms with Crippen LogP contribution in [0.15, 0.2) is 54.9 Å². The summed E-state index contributed by atoms with van der Waals surface area (Å²) in [6.45, 7) is 2.60. The molecule has 5 heteroatoms. The van der Waals surface area contributed by atoms with Crippen LogP contribution in [0.5, 0.6) is 0 Å². The Labute approximate surface area is 146 Å². The molecule has 5 nitrogen and oxygen atoms in total. The summed E-state index contributed by atoms with van der Waals surface area (Å²) in [4.78, 5) is 19.0. The zero-order valence-corrected chi connectivity index (χ0v) is 14.2. The van der Waals surface area contributed by atoms with Crippen LogP contribution in [-0.2, 0) is 0 Å². The van der Waals surface area contributed by atoms with Gasteiger partial charge in [-0.15, -0.1) is 0 Å². The van der Waals surface area contributed by atoms with Crippen LogP contribution in [-0.4, -0.2) is 44.2 Å². The molecular weight excluding hydrogens is 314 g/mol. The molecule has 1 saturated heterocycles. The van der Waals surface area contributed by atoms with E-state index >= 15 is 0 Å². The standard InChI is InChI=1S/C20H21N3O2/c1-14-12-17(24)10-11-22(14)20(25)15-6-8-16(9-7-15)23-13-21-18-4-2-3-5-19(18)23/h2-9,13-14,17,24H,10-12H2,1H3/t14-,17-/m1/s1. The van der Waals surface area contributed by atoms with Crippen LogP contribution in [0.3, 0.4) is 0 Å². The molecule has 0 aliphatic carbocycles. The fourth-order valence-electron chi connectivity index (χ4n) is 3.54. The van der Waals surface area contributed by atoms with E-state index in [1.165, 1.54) is 0 Å². The summed E-state index contributed by atoms with van der Waals surface area (Å²) in [5.74, 6) is 0.0291. The number of aromatic nitrogens is 2. The Morgan fingerprint density at radius 3 is 2.68 bits per heavy atom. The Kier molecular flexibility index (Phi) is 4.01. The van der Waals surface area contributed by atoms with Gasteiger partial charge in [-0.05, 0) is 56.2 Å². The van der Waals surface area contributed by atoms with Gasteiger partial charge >= 0.3 is 0 Å². The lowest BCUT2D eigenvalue weighted by atomic mass is 9.99. The Morgan fingerprint density at radius 1 is 1.16 bits per heavy atom. The highest BCUT2D eigenvalue weighted by Crippen LogP contribution is 2.22. The van der Waals surface area contributed by atoms with Gasteiger partial charge in [0.25, 0.3) is 5.91 Å². The fraction of sp³-hybridized carbons (Fsp3) is 0.300. The van der Waals surface area contributed by atoms with Crippen LogP contribution >= 0.6 is 0 Å².